The first kappa shape index (κ1) is 14.6. The van der Waals surface area contributed by atoms with Crippen LogP contribution in [0.2, 0.25) is 0 Å². The van der Waals surface area contributed by atoms with Crippen LogP contribution in [0, 0.1) is 0 Å². The summed E-state index contributed by atoms with van der Waals surface area (Å²) in [5.41, 5.74) is 2.61. The molecule has 0 radical (unpaired) electrons. The third kappa shape index (κ3) is 4.10. The van der Waals surface area contributed by atoms with Crippen molar-refractivity contribution in [1.82, 2.24) is 0 Å². The predicted molar refractivity (Wildman–Crippen MR) is 74.3 cm³/mol. The van der Waals surface area contributed by atoms with E-state index in [2.05, 4.69) is 48.5 Å². The molecule has 2 aromatic carbocycles. The molecule has 0 unspecified atom stereocenters. The van der Waals surface area contributed by atoms with Crippen molar-refractivity contribution < 1.29 is 26.8 Å². The first-order chi connectivity index (χ1) is 9.28. The van der Waals surface area contributed by atoms with Gasteiger partial charge in [-0.3, -0.25) is 0 Å². The van der Waals surface area contributed by atoms with Gasteiger partial charge in [0, 0.05) is 0 Å². The molecule has 2 aromatic rings. The van der Waals surface area contributed by atoms with Gasteiger partial charge in [0.1, 0.15) is 0 Å². The van der Waals surface area contributed by atoms with E-state index in [4.69, 9.17) is 5.63 Å². The molecule has 0 amide bonds. The van der Waals surface area contributed by atoms with Crippen LogP contribution in [0.5, 0.6) is 0 Å². The molecule has 0 bridgehead atoms. The Hall–Kier alpha value is -0.757. The Morgan fingerprint density at radius 2 is 1.05 bits per heavy atom. The molecule has 2 rings (SSSR count). The fourth-order valence-corrected chi connectivity index (χ4v) is 8.60. The predicted octanol–water partition coefficient (Wildman–Crippen LogP) is 3.66. The van der Waals surface area contributed by atoms with E-state index in [1.807, 2.05) is 12.1 Å². The summed E-state index contributed by atoms with van der Waals surface area (Å²) < 4.78 is 13.6. The monoisotopic (exact) mass is 334 g/mol. The van der Waals surface area contributed by atoms with Gasteiger partial charge in [-0.2, -0.15) is 0 Å². The quantitative estimate of drug-likeness (QED) is 0.802. The molecule has 0 heterocycles. The van der Waals surface area contributed by atoms with Crippen molar-refractivity contribution in [1.29, 1.82) is 0 Å². The second-order valence-electron chi connectivity index (χ2n) is 4.64. The Bertz CT molecular complexity index is 437. The first-order valence-corrected chi connectivity index (χ1v) is 11.9. The van der Waals surface area contributed by atoms with Gasteiger partial charge in [-0.05, 0) is 0 Å². The third-order valence-electron chi connectivity index (χ3n) is 3.38. The van der Waals surface area contributed by atoms with Gasteiger partial charge in [0.15, 0.2) is 0 Å². The van der Waals surface area contributed by atoms with Crippen molar-refractivity contribution in [3.8, 4) is 0 Å². The van der Waals surface area contributed by atoms with Crippen LogP contribution in [0.25, 0.3) is 0 Å². The second-order valence-corrected chi connectivity index (χ2v) is 12.9. The Balaban J connectivity index is 2.18. The standard InChI is InChI=1S/2C7H7.2CH3O.Zr/c2*1-7-5-3-2-4-6-7;2*1-2;/h2*2-6H,1H2;2*1H3;/q;;2*-1;+2. The molecule has 0 atom stereocenters. The summed E-state index contributed by atoms with van der Waals surface area (Å²) in [6, 6.07) is 20.9. The maximum absolute atomic E-state index is 5.88. The summed E-state index contributed by atoms with van der Waals surface area (Å²) >= 11 is -3.05. The molecule has 3 heteroatoms. The molecule has 100 valence electrons. The summed E-state index contributed by atoms with van der Waals surface area (Å²) in [5, 5.41) is 0. The van der Waals surface area contributed by atoms with Crippen molar-refractivity contribution in [2.45, 2.75) is 8.26 Å². The van der Waals surface area contributed by atoms with Gasteiger partial charge in [0.25, 0.3) is 0 Å². The van der Waals surface area contributed by atoms with Gasteiger partial charge in [0.2, 0.25) is 0 Å². The van der Waals surface area contributed by atoms with Crippen LogP contribution in [0.1, 0.15) is 11.1 Å². The van der Waals surface area contributed by atoms with Crippen LogP contribution < -0.4 is 0 Å². The molecular formula is C16H20O2Zr. The SMILES string of the molecule is C[O][Zr]([CH2]c1ccccc1)([CH2]c1ccccc1)[O]C. The van der Waals surface area contributed by atoms with E-state index < -0.39 is 21.1 Å². The second kappa shape index (κ2) is 7.14. The topological polar surface area (TPSA) is 18.5 Å². The zero-order valence-electron chi connectivity index (χ0n) is 11.5. The molecule has 0 aliphatic carbocycles. The summed E-state index contributed by atoms with van der Waals surface area (Å²) in [6.07, 6.45) is 0. The van der Waals surface area contributed by atoms with Crippen molar-refractivity contribution in [3.05, 3.63) is 71.8 Å². The van der Waals surface area contributed by atoms with Crippen molar-refractivity contribution in [2.24, 2.45) is 0 Å². The molecule has 0 fully saturated rings. The summed E-state index contributed by atoms with van der Waals surface area (Å²) in [4.78, 5) is 0. The van der Waals surface area contributed by atoms with Crippen molar-refractivity contribution in [2.75, 3.05) is 14.2 Å². The van der Waals surface area contributed by atoms with Crippen LogP contribution >= 0.6 is 0 Å². The summed E-state index contributed by atoms with van der Waals surface area (Å²) in [6.45, 7) is 0. The van der Waals surface area contributed by atoms with Gasteiger partial charge in [-0.25, -0.2) is 0 Å². The minimum absolute atomic E-state index is 0.942. The summed E-state index contributed by atoms with van der Waals surface area (Å²) in [7, 11) is 3.59. The molecule has 0 aliphatic rings. The molecule has 0 saturated carbocycles. The van der Waals surface area contributed by atoms with Crippen LogP contribution in [-0.4, -0.2) is 14.2 Å². The Kier molecular flexibility index (Phi) is 5.50. The van der Waals surface area contributed by atoms with Gasteiger partial charge in [0.05, 0.1) is 0 Å². The number of rotatable bonds is 6. The molecule has 0 N–H and O–H groups in total. The number of hydrogen-bond donors (Lipinski definition) is 0. The van der Waals surface area contributed by atoms with Crippen molar-refractivity contribution >= 4 is 0 Å². The first-order valence-electron chi connectivity index (χ1n) is 6.46. The van der Waals surface area contributed by atoms with Crippen molar-refractivity contribution in [3.63, 3.8) is 0 Å². The Labute approximate surface area is 121 Å². The normalized spacial score (nSPS) is 11.5. The number of benzene rings is 2. The van der Waals surface area contributed by atoms with Crippen LogP contribution in [0.3, 0.4) is 0 Å². The van der Waals surface area contributed by atoms with E-state index in [9.17, 15) is 0 Å². The van der Waals surface area contributed by atoms with Gasteiger partial charge in [-0.1, -0.05) is 0 Å². The molecule has 2 nitrogen and oxygen atoms in total. The van der Waals surface area contributed by atoms with E-state index >= 15 is 0 Å². The average molecular weight is 336 g/mol. The fraction of sp³-hybridized carbons (Fsp3) is 0.250. The van der Waals surface area contributed by atoms with Crippen LogP contribution in [0.4, 0.5) is 0 Å². The average Bonchev–Trinajstić information content (AvgIpc) is 2.48. The van der Waals surface area contributed by atoms with Crippen LogP contribution in [0.15, 0.2) is 60.7 Å². The van der Waals surface area contributed by atoms with E-state index in [1.165, 1.54) is 11.1 Å². The number of hydrogen-bond acceptors (Lipinski definition) is 2. The zero-order chi connectivity index (χ0) is 13.6. The Morgan fingerprint density at radius 1 is 0.684 bits per heavy atom. The minimum atomic E-state index is -3.05. The molecule has 0 saturated heterocycles. The van der Waals surface area contributed by atoms with E-state index in [1.54, 1.807) is 14.2 Å². The molecule has 0 aliphatic heterocycles. The van der Waals surface area contributed by atoms with Gasteiger partial charge < -0.3 is 0 Å². The third-order valence-corrected chi connectivity index (χ3v) is 11.7. The fourth-order valence-electron chi connectivity index (χ4n) is 2.25. The molecule has 19 heavy (non-hydrogen) atoms. The van der Waals surface area contributed by atoms with Crippen LogP contribution in [-0.2, 0) is 35.0 Å². The van der Waals surface area contributed by atoms with E-state index in [0.29, 0.717) is 0 Å². The summed E-state index contributed by atoms with van der Waals surface area (Å²) in [5.74, 6) is 0. The zero-order valence-corrected chi connectivity index (χ0v) is 14.0. The van der Waals surface area contributed by atoms with Gasteiger partial charge >= 0.3 is 121 Å². The van der Waals surface area contributed by atoms with E-state index in [0.717, 1.165) is 8.26 Å². The van der Waals surface area contributed by atoms with E-state index in [-0.39, 0.29) is 0 Å². The Morgan fingerprint density at radius 3 is 1.37 bits per heavy atom. The molecule has 0 spiro atoms. The molecule has 0 aromatic heterocycles. The van der Waals surface area contributed by atoms with Gasteiger partial charge in [-0.15, -0.1) is 0 Å². The molecular weight excluding hydrogens is 315 g/mol. The maximum atomic E-state index is 5.88.